The van der Waals surface area contributed by atoms with Crippen LogP contribution >= 0.6 is 12.2 Å². The van der Waals surface area contributed by atoms with Crippen molar-refractivity contribution in [2.45, 2.75) is 25.3 Å². The summed E-state index contributed by atoms with van der Waals surface area (Å²) in [4.78, 5) is 14.3. The highest BCUT2D eigenvalue weighted by Crippen LogP contribution is 2.47. The van der Waals surface area contributed by atoms with Gasteiger partial charge >= 0.3 is 0 Å². The maximum Gasteiger partial charge on any atom is 0.235 e. The van der Waals surface area contributed by atoms with Gasteiger partial charge in [0.2, 0.25) is 5.91 Å². The molecule has 5 heteroatoms. The van der Waals surface area contributed by atoms with Crippen LogP contribution in [0, 0.1) is 5.41 Å². The summed E-state index contributed by atoms with van der Waals surface area (Å²) in [6, 6.07) is 0.198. The standard InChI is InChI=1S/C10H16N2O2S/c1-12(7-2-5-14-6-7)9(13)10(3-4-10)8(11)15/h7H,2-6H2,1H3,(H2,11,15). The molecule has 1 aliphatic heterocycles. The zero-order valence-corrected chi connectivity index (χ0v) is 9.68. The lowest BCUT2D eigenvalue weighted by atomic mass is 10.0. The van der Waals surface area contributed by atoms with Crippen LogP contribution in [0.2, 0.25) is 0 Å². The van der Waals surface area contributed by atoms with Crippen LogP contribution < -0.4 is 5.73 Å². The van der Waals surface area contributed by atoms with E-state index in [0.717, 1.165) is 25.9 Å². The van der Waals surface area contributed by atoms with Gasteiger partial charge in [-0.05, 0) is 19.3 Å². The first-order valence-corrected chi connectivity index (χ1v) is 5.64. The normalized spacial score (nSPS) is 27.4. The summed E-state index contributed by atoms with van der Waals surface area (Å²) in [6.45, 7) is 1.37. The number of likely N-dealkylation sites (N-methyl/N-ethyl adjacent to an activating group) is 1. The van der Waals surface area contributed by atoms with Crippen LogP contribution in [0.3, 0.4) is 0 Å². The van der Waals surface area contributed by atoms with Crippen molar-refractivity contribution in [3.05, 3.63) is 0 Å². The molecule has 2 aliphatic rings. The highest BCUT2D eigenvalue weighted by atomic mass is 32.1. The summed E-state index contributed by atoms with van der Waals surface area (Å²) in [7, 11) is 1.82. The summed E-state index contributed by atoms with van der Waals surface area (Å²) in [5, 5.41) is 0. The Balaban J connectivity index is 2.04. The van der Waals surface area contributed by atoms with Crippen molar-refractivity contribution in [2.75, 3.05) is 20.3 Å². The molecule has 2 fully saturated rings. The minimum atomic E-state index is -0.521. The quantitative estimate of drug-likeness (QED) is 0.706. The number of ether oxygens (including phenoxy) is 1. The summed E-state index contributed by atoms with van der Waals surface area (Å²) >= 11 is 4.96. The molecule has 4 nitrogen and oxygen atoms in total. The molecule has 0 aromatic heterocycles. The van der Waals surface area contributed by atoms with Crippen LogP contribution in [0.15, 0.2) is 0 Å². The topological polar surface area (TPSA) is 55.6 Å². The van der Waals surface area contributed by atoms with E-state index in [0.29, 0.717) is 11.6 Å². The molecule has 0 spiro atoms. The van der Waals surface area contributed by atoms with E-state index in [1.807, 2.05) is 7.05 Å². The second-order valence-corrected chi connectivity index (χ2v) is 4.82. The van der Waals surface area contributed by atoms with Crippen LogP contribution in [0.1, 0.15) is 19.3 Å². The van der Waals surface area contributed by atoms with E-state index in [1.54, 1.807) is 4.90 Å². The summed E-state index contributed by atoms with van der Waals surface area (Å²) in [6.07, 6.45) is 2.52. The van der Waals surface area contributed by atoms with Crippen molar-refractivity contribution in [1.82, 2.24) is 4.90 Å². The highest BCUT2D eigenvalue weighted by molar-refractivity contribution is 7.80. The van der Waals surface area contributed by atoms with Crippen molar-refractivity contribution in [2.24, 2.45) is 11.1 Å². The van der Waals surface area contributed by atoms with Crippen LogP contribution in [-0.4, -0.2) is 42.1 Å². The zero-order chi connectivity index (χ0) is 11.1. The lowest BCUT2D eigenvalue weighted by molar-refractivity contribution is -0.135. The third kappa shape index (κ3) is 1.74. The van der Waals surface area contributed by atoms with E-state index in [-0.39, 0.29) is 11.9 Å². The average molecular weight is 228 g/mol. The SMILES string of the molecule is CN(C(=O)C1(C(N)=S)CC1)C1CCOC1. The molecule has 84 valence electrons. The number of thiocarbonyl (C=S) groups is 1. The predicted octanol–water partition coefficient (Wildman–Crippen LogP) is 0.300. The molecular formula is C10H16N2O2S. The maximum atomic E-state index is 12.2. The number of carbonyl (C=O) groups is 1. The van der Waals surface area contributed by atoms with E-state index >= 15 is 0 Å². The van der Waals surface area contributed by atoms with Crippen LogP contribution in [0.5, 0.6) is 0 Å². The maximum absolute atomic E-state index is 12.2. The van der Waals surface area contributed by atoms with Gasteiger partial charge in [0.25, 0.3) is 0 Å². The number of hydrogen-bond donors (Lipinski definition) is 1. The zero-order valence-electron chi connectivity index (χ0n) is 8.86. The predicted molar refractivity (Wildman–Crippen MR) is 60.4 cm³/mol. The van der Waals surface area contributed by atoms with Gasteiger partial charge in [0, 0.05) is 13.7 Å². The first kappa shape index (κ1) is 10.8. The van der Waals surface area contributed by atoms with Crippen molar-refractivity contribution in [1.29, 1.82) is 0 Å². The number of nitrogens with zero attached hydrogens (tertiary/aromatic N) is 1. The molecule has 0 aromatic carbocycles. The van der Waals surface area contributed by atoms with E-state index in [4.69, 9.17) is 22.7 Å². The molecule has 1 saturated carbocycles. The summed E-state index contributed by atoms with van der Waals surface area (Å²) in [5.74, 6) is 0.0745. The number of amides is 1. The molecule has 1 unspecified atom stereocenters. The Bertz CT molecular complexity index is 296. The lowest BCUT2D eigenvalue weighted by Crippen LogP contribution is -2.45. The second-order valence-electron chi connectivity index (χ2n) is 4.38. The molecule has 1 amide bonds. The van der Waals surface area contributed by atoms with Crippen LogP contribution in [0.25, 0.3) is 0 Å². The Kier molecular flexibility index (Phi) is 2.68. The van der Waals surface area contributed by atoms with Gasteiger partial charge in [-0.15, -0.1) is 0 Å². The minimum Gasteiger partial charge on any atom is -0.392 e. The molecule has 0 radical (unpaired) electrons. The average Bonchev–Trinajstić information content (AvgIpc) is 2.85. The van der Waals surface area contributed by atoms with Gasteiger partial charge < -0.3 is 15.4 Å². The number of nitrogens with two attached hydrogens (primary N) is 1. The molecule has 2 rings (SSSR count). The van der Waals surface area contributed by atoms with E-state index < -0.39 is 5.41 Å². The molecular weight excluding hydrogens is 212 g/mol. The Morgan fingerprint density at radius 1 is 1.60 bits per heavy atom. The molecule has 1 aliphatic carbocycles. The van der Waals surface area contributed by atoms with Gasteiger partial charge in [0.15, 0.2) is 0 Å². The first-order valence-electron chi connectivity index (χ1n) is 5.23. The largest absolute Gasteiger partial charge is 0.392 e. The molecule has 2 N–H and O–H groups in total. The number of hydrogen-bond acceptors (Lipinski definition) is 3. The van der Waals surface area contributed by atoms with Crippen molar-refractivity contribution in [3.63, 3.8) is 0 Å². The smallest absolute Gasteiger partial charge is 0.235 e. The molecule has 0 aromatic rings. The highest BCUT2D eigenvalue weighted by Gasteiger charge is 2.54. The van der Waals surface area contributed by atoms with Crippen molar-refractivity contribution >= 4 is 23.1 Å². The Morgan fingerprint density at radius 2 is 2.27 bits per heavy atom. The monoisotopic (exact) mass is 228 g/mol. The van der Waals surface area contributed by atoms with Crippen molar-refractivity contribution in [3.8, 4) is 0 Å². The Labute approximate surface area is 94.7 Å². The minimum absolute atomic E-state index is 0.0745. The Hall–Kier alpha value is -0.680. The van der Waals surface area contributed by atoms with Crippen LogP contribution in [0.4, 0.5) is 0 Å². The van der Waals surface area contributed by atoms with E-state index in [9.17, 15) is 4.79 Å². The van der Waals surface area contributed by atoms with Gasteiger partial charge in [0.05, 0.1) is 23.1 Å². The van der Waals surface area contributed by atoms with Gasteiger partial charge in [-0.25, -0.2) is 0 Å². The molecule has 0 bridgehead atoms. The van der Waals surface area contributed by atoms with Crippen LogP contribution in [-0.2, 0) is 9.53 Å². The summed E-state index contributed by atoms with van der Waals surface area (Å²) in [5.41, 5.74) is 5.10. The fraction of sp³-hybridized carbons (Fsp3) is 0.800. The number of rotatable bonds is 3. The molecule has 1 atom stereocenters. The Morgan fingerprint density at radius 3 is 2.67 bits per heavy atom. The first-order chi connectivity index (χ1) is 7.08. The third-order valence-corrected chi connectivity index (χ3v) is 3.80. The van der Waals surface area contributed by atoms with E-state index in [2.05, 4.69) is 0 Å². The van der Waals surface area contributed by atoms with Gasteiger partial charge in [-0.3, -0.25) is 4.79 Å². The summed E-state index contributed by atoms with van der Waals surface area (Å²) < 4.78 is 5.26. The lowest BCUT2D eigenvalue weighted by Gasteiger charge is -2.27. The van der Waals surface area contributed by atoms with Crippen molar-refractivity contribution < 1.29 is 9.53 Å². The number of carbonyl (C=O) groups excluding carboxylic acids is 1. The van der Waals surface area contributed by atoms with Gasteiger partial charge in [0.1, 0.15) is 0 Å². The fourth-order valence-corrected chi connectivity index (χ4v) is 2.31. The van der Waals surface area contributed by atoms with Gasteiger partial charge in [-0.2, -0.15) is 0 Å². The second kappa shape index (κ2) is 3.72. The molecule has 1 heterocycles. The fourth-order valence-electron chi connectivity index (χ4n) is 2.02. The molecule has 1 saturated heterocycles. The van der Waals surface area contributed by atoms with Gasteiger partial charge in [-0.1, -0.05) is 12.2 Å². The third-order valence-electron chi connectivity index (χ3n) is 3.40. The van der Waals surface area contributed by atoms with E-state index in [1.165, 1.54) is 0 Å². The molecule has 15 heavy (non-hydrogen) atoms.